The lowest BCUT2D eigenvalue weighted by molar-refractivity contribution is 0.548. The second kappa shape index (κ2) is 3.73. The third-order valence-corrected chi connectivity index (χ3v) is 2.24. The van der Waals surface area contributed by atoms with Crippen LogP contribution >= 0.6 is 0 Å². The van der Waals surface area contributed by atoms with Crippen molar-refractivity contribution in [2.75, 3.05) is 0 Å². The Labute approximate surface area is 87.9 Å². The van der Waals surface area contributed by atoms with Crippen molar-refractivity contribution in [3.8, 4) is 11.3 Å². The smallest absolute Gasteiger partial charge is 0.134 e. The van der Waals surface area contributed by atoms with Gasteiger partial charge in [0.25, 0.3) is 0 Å². The van der Waals surface area contributed by atoms with Gasteiger partial charge >= 0.3 is 0 Å². The summed E-state index contributed by atoms with van der Waals surface area (Å²) in [5.74, 6) is 1.32. The molecular formula is C13H11FO. The fourth-order valence-corrected chi connectivity index (χ4v) is 1.44. The Kier molecular flexibility index (Phi) is 2.42. The molecule has 0 saturated carbocycles. The summed E-state index contributed by atoms with van der Waals surface area (Å²) < 4.78 is 18.6. The van der Waals surface area contributed by atoms with Crippen molar-refractivity contribution in [1.82, 2.24) is 0 Å². The van der Waals surface area contributed by atoms with E-state index < -0.39 is 0 Å². The summed E-state index contributed by atoms with van der Waals surface area (Å²) in [6, 6.07) is 8.59. The third-order valence-electron chi connectivity index (χ3n) is 2.24. The van der Waals surface area contributed by atoms with E-state index in [9.17, 15) is 4.39 Å². The van der Waals surface area contributed by atoms with E-state index in [4.69, 9.17) is 4.42 Å². The van der Waals surface area contributed by atoms with Crippen LogP contribution in [0.25, 0.3) is 17.4 Å². The highest BCUT2D eigenvalue weighted by Crippen LogP contribution is 2.24. The topological polar surface area (TPSA) is 13.1 Å². The number of benzene rings is 1. The van der Waals surface area contributed by atoms with Crippen LogP contribution in [-0.4, -0.2) is 0 Å². The number of hydrogen-bond donors (Lipinski definition) is 0. The molecule has 1 aromatic carbocycles. The minimum atomic E-state index is -0.267. The summed E-state index contributed by atoms with van der Waals surface area (Å²) in [4.78, 5) is 0. The molecule has 2 rings (SSSR count). The van der Waals surface area contributed by atoms with Crippen LogP contribution in [0.15, 0.2) is 41.3 Å². The zero-order valence-electron chi connectivity index (χ0n) is 8.46. The zero-order valence-corrected chi connectivity index (χ0v) is 8.46. The van der Waals surface area contributed by atoms with Gasteiger partial charge in [0.2, 0.25) is 0 Å². The minimum absolute atomic E-state index is 0.267. The van der Waals surface area contributed by atoms with Crippen molar-refractivity contribution in [3.63, 3.8) is 0 Å². The molecule has 1 heterocycles. The first-order valence-electron chi connectivity index (χ1n) is 4.69. The Bertz CT molecular complexity index is 497. The van der Waals surface area contributed by atoms with Crippen LogP contribution < -0.4 is 0 Å². The summed E-state index contributed by atoms with van der Waals surface area (Å²) in [5, 5.41) is 0. The van der Waals surface area contributed by atoms with Gasteiger partial charge in [-0.2, -0.15) is 0 Å². The molecule has 0 radical (unpaired) electrons. The normalized spacial score (nSPS) is 10.3. The summed E-state index contributed by atoms with van der Waals surface area (Å²) in [5.41, 5.74) is 1.35. The Morgan fingerprint density at radius 2 is 2.07 bits per heavy atom. The molecule has 0 spiro atoms. The molecule has 2 aromatic rings. The maximum Gasteiger partial charge on any atom is 0.134 e. The third kappa shape index (κ3) is 1.84. The van der Waals surface area contributed by atoms with Gasteiger partial charge in [0.1, 0.15) is 17.3 Å². The number of hydrogen-bond acceptors (Lipinski definition) is 1. The molecule has 76 valence electrons. The van der Waals surface area contributed by atoms with E-state index in [0.717, 1.165) is 17.1 Å². The molecule has 0 aliphatic rings. The van der Waals surface area contributed by atoms with Crippen LogP contribution in [0.5, 0.6) is 0 Å². The van der Waals surface area contributed by atoms with Gasteiger partial charge in [-0.15, -0.1) is 0 Å². The zero-order chi connectivity index (χ0) is 10.8. The van der Waals surface area contributed by atoms with E-state index in [1.807, 2.05) is 19.1 Å². The molecule has 0 fully saturated rings. The first kappa shape index (κ1) is 9.71. The van der Waals surface area contributed by atoms with Crippen LogP contribution in [0.3, 0.4) is 0 Å². The fraction of sp³-hybridized carbons (Fsp3) is 0.0769. The van der Waals surface area contributed by atoms with Gasteiger partial charge in [0.15, 0.2) is 0 Å². The Morgan fingerprint density at radius 1 is 1.27 bits per heavy atom. The van der Waals surface area contributed by atoms with E-state index in [0.29, 0.717) is 5.56 Å². The van der Waals surface area contributed by atoms with Crippen LogP contribution in [0.2, 0.25) is 0 Å². The van der Waals surface area contributed by atoms with Crippen molar-refractivity contribution in [1.29, 1.82) is 0 Å². The lowest BCUT2D eigenvalue weighted by Gasteiger charge is -2.00. The fourth-order valence-electron chi connectivity index (χ4n) is 1.44. The number of aryl methyl sites for hydroxylation is 1. The summed E-state index contributed by atoms with van der Waals surface area (Å²) in [6.45, 7) is 5.44. The average Bonchev–Trinajstić information content (AvgIpc) is 2.66. The Hall–Kier alpha value is -1.83. The number of furan rings is 1. The lowest BCUT2D eigenvalue weighted by atomic mass is 10.1. The monoisotopic (exact) mass is 202 g/mol. The van der Waals surface area contributed by atoms with Crippen molar-refractivity contribution < 1.29 is 8.81 Å². The number of halogens is 1. The molecule has 0 atom stereocenters. The molecule has 1 nitrogen and oxygen atoms in total. The summed E-state index contributed by atoms with van der Waals surface area (Å²) >= 11 is 0. The molecule has 0 saturated heterocycles. The maximum absolute atomic E-state index is 13.2. The molecule has 0 amide bonds. The highest BCUT2D eigenvalue weighted by Gasteiger charge is 2.05. The van der Waals surface area contributed by atoms with Crippen LogP contribution in [-0.2, 0) is 0 Å². The molecule has 0 aliphatic carbocycles. The van der Waals surface area contributed by atoms with E-state index in [1.54, 1.807) is 12.1 Å². The van der Waals surface area contributed by atoms with Crippen LogP contribution in [0.1, 0.15) is 11.3 Å². The van der Waals surface area contributed by atoms with Gasteiger partial charge in [-0.05, 0) is 37.3 Å². The summed E-state index contributed by atoms with van der Waals surface area (Å²) in [7, 11) is 0. The highest BCUT2D eigenvalue weighted by atomic mass is 19.1. The lowest BCUT2D eigenvalue weighted by Crippen LogP contribution is -1.82. The van der Waals surface area contributed by atoms with E-state index >= 15 is 0 Å². The first-order chi connectivity index (χ1) is 7.20. The second-order valence-corrected chi connectivity index (χ2v) is 3.35. The van der Waals surface area contributed by atoms with Gasteiger partial charge in [-0.25, -0.2) is 4.39 Å². The molecule has 0 bridgehead atoms. The number of rotatable bonds is 2. The van der Waals surface area contributed by atoms with Crippen LogP contribution in [0.4, 0.5) is 4.39 Å². The Morgan fingerprint density at radius 3 is 2.67 bits per heavy atom. The van der Waals surface area contributed by atoms with Gasteiger partial charge in [-0.1, -0.05) is 12.7 Å². The van der Waals surface area contributed by atoms with E-state index in [2.05, 4.69) is 6.58 Å². The van der Waals surface area contributed by atoms with Gasteiger partial charge in [0.05, 0.1) is 0 Å². The second-order valence-electron chi connectivity index (χ2n) is 3.35. The minimum Gasteiger partial charge on any atom is -0.461 e. The molecule has 1 aromatic heterocycles. The molecule has 0 N–H and O–H groups in total. The average molecular weight is 202 g/mol. The first-order valence-corrected chi connectivity index (χ1v) is 4.69. The maximum atomic E-state index is 13.2. The van der Waals surface area contributed by atoms with Gasteiger partial charge in [-0.3, -0.25) is 0 Å². The highest BCUT2D eigenvalue weighted by molar-refractivity contribution is 5.63. The van der Waals surface area contributed by atoms with E-state index in [-0.39, 0.29) is 5.82 Å². The summed E-state index contributed by atoms with van der Waals surface area (Å²) in [6.07, 6.45) is 1.49. The largest absolute Gasteiger partial charge is 0.461 e. The van der Waals surface area contributed by atoms with Crippen molar-refractivity contribution in [2.24, 2.45) is 0 Å². The van der Waals surface area contributed by atoms with Crippen molar-refractivity contribution in [2.45, 2.75) is 6.92 Å². The van der Waals surface area contributed by atoms with Gasteiger partial charge in [0, 0.05) is 11.1 Å². The van der Waals surface area contributed by atoms with Crippen molar-refractivity contribution >= 4 is 6.08 Å². The molecule has 15 heavy (non-hydrogen) atoms. The predicted octanol–water partition coefficient (Wildman–Crippen LogP) is 4.04. The van der Waals surface area contributed by atoms with Crippen LogP contribution in [0, 0.1) is 12.7 Å². The molecular weight excluding hydrogens is 191 g/mol. The van der Waals surface area contributed by atoms with Crippen molar-refractivity contribution in [3.05, 3.63) is 54.1 Å². The molecule has 2 heteroatoms. The standard InChI is InChI=1S/C13H11FO/c1-3-10-8-11(5-6-12(10)14)13-7-4-9(2)15-13/h3-8H,1H2,2H3. The Balaban J connectivity index is 2.50. The predicted molar refractivity (Wildman–Crippen MR) is 58.9 cm³/mol. The molecule has 0 unspecified atom stereocenters. The van der Waals surface area contributed by atoms with E-state index in [1.165, 1.54) is 12.1 Å². The van der Waals surface area contributed by atoms with Gasteiger partial charge < -0.3 is 4.42 Å². The quantitative estimate of drug-likeness (QED) is 0.716. The SMILES string of the molecule is C=Cc1cc(-c2ccc(C)o2)ccc1F. The molecule has 0 aliphatic heterocycles.